The molecule has 4 rings (SSSR count). The third-order valence-corrected chi connectivity index (χ3v) is 12.9. The van der Waals surface area contributed by atoms with Crippen LogP contribution in [0, 0.1) is 0 Å². The molecule has 1 fully saturated rings. The molecule has 10 nitrogen and oxygen atoms in total. The molecular weight excluding hydrogens is 579 g/mol. The van der Waals surface area contributed by atoms with Crippen LogP contribution in [0.4, 0.5) is 23.1 Å². The predicted molar refractivity (Wildman–Crippen MR) is 163 cm³/mol. The van der Waals surface area contributed by atoms with Gasteiger partial charge in [0.25, 0.3) is 0 Å². The van der Waals surface area contributed by atoms with E-state index in [1.54, 1.807) is 18.6 Å². The normalized spacial score (nSPS) is 16.2. The average Bonchev–Trinajstić information content (AvgIpc) is 3.40. The summed E-state index contributed by atoms with van der Waals surface area (Å²) in [5.41, 5.74) is 1.72. The van der Waals surface area contributed by atoms with Crippen LogP contribution in [0.15, 0.2) is 40.7 Å². The number of sulfonamides is 1. The van der Waals surface area contributed by atoms with Crippen LogP contribution in [0.2, 0.25) is 5.02 Å². The van der Waals surface area contributed by atoms with Crippen LogP contribution in [0.5, 0.6) is 5.75 Å². The van der Waals surface area contributed by atoms with Gasteiger partial charge in [0.05, 0.1) is 11.4 Å². The molecule has 3 aromatic rings. The number of ether oxygens (including phenoxy) is 1. The summed E-state index contributed by atoms with van der Waals surface area (Å²) in [6.45, 7) is 8.37. The molecule has 1 aromatic carbocycles. The van der Waals surface area contributed by atoms with Gasteiger partial charge in [-0.05, 0) is 11.4 Å². The summed E-state index contributed by atoms with van der Waals surface area (Å²) in [6, 6.07) is 7.53. The fourth-order valence-electron chi connectivity index (χ4n) is 4.44. The summed E-state index contributed by atoms with van der Waals surface area (Å²) in [4.78, 5) is 22.4. The van der Waals surface area contributed by atoms with Gasteiger partial charge in [0, 0.05) is 18.0 Å². The zero-order valence-corrected chi connectivity index (χ0v) is 26.0. The van der Waals surface area contributed by atoms with Gasteiger partial charge in [0.15, 0.2) is 0 Å². The minimum atomic E-state index is -3.57. The molecule has 1 aliphatic rings. The summed E-state index contributed by atoms with van der Waals surface area (Å²) in [5, 5.41) is 8.46. The molecule has 1 aliphatic heterocycles. The number of rotatable bonds is 11. The summed E-state index contributed by atoms with van der Waals surface area (Å²) in [5.74, 6) is 1.33. The van der Waals surface area contributed by atoms with Crippen molar-refractivity contribution in [3.63, 3.8) is 0 Å². The van der Waals surface area contributed by atoms with Gasteiger partial charge < -0.3 is 0 Å². The first-order valence-corrected chi connectivity index (χ1v) is 18.4. The minimum absolute atomic E-state index is 0.248. The SMILES string of the molecule is CCN(CC)S(=O)(=O)c1ccsc1CNc1ncc(Cl)c(Nc2ccc(N3CC[PH](C)(O)CC3)cc2OC)n1. The van der Waals surface area contributed by atoms with Crippen molar-refractivity contribution in [1.29, 1.82) is 0 Å². The second-order valence-corrected chi connectivity index (χ2v) is 16.8. The first-order chi connectivity index (χ1) is 18.6. The number of thiophene rings is 1. The number of benzene rings is 1. The van der Waals surface area contributed by atoms with Gasteiger partial charge in [-0.15, -0.1) is 11.3 Å². The van der Waals surface area contributed by atoms with Crippen LogP contribution in [0.1, 0.15) is 18.7 Å². The predicted octanol–water partition coefficient (Wildman–Crippen LogP) is 4.69. The summed E-state index contributed by atoms with van der Waals surface area (Å²) in [7, 11) is -4.02. The van der Waals surface area contributed by atoms with Crippen LogP contribution >= 0.6 is 30.4 Å². The van der Waals surface area contributed by atoms with Crippen LogP contribution in [-0.4, -0.2) is 79.9 Å². The molecule has 0 aliphatic carbocycles. The third kappa shape index (κ3) is 6.93. The Kier molecular flexibility index (Phi) is 9.57. The van der Waals surface area contributed by atoms with Crippen molar-refractivity contribution in [2.75, 3.05) is 67.8 Å². The molecule has 0 unspecified atom stereocenters. The number of hydrogen-bond acceptors (Lipinski definition) is 10. The van der Waals surface area contributed by atoms with Crippen molar-refractivity contribution < 1.29 is 18.0 Å². The first-order valence-electron chi connectivity index (χ1n) is 12.8. The number of halogens is 1. The van der Waals surface area contributed by atoms with Crippen LogP contribution < -0.4 is 20.3 Å². The van der Waals surface area contributed by atoms with Gasteiger partial charge in [-0.3, -0.25) is 0 Å². The van der Waals surface area contributed by atoms with E-state index in [-0.39, 0.29) is 6.54 Å². The molecule has 0 bridgehead atoms. The van der Waals surface area contributed by atoms with E-state index in [1.165, 1.54) is 21.8 Å². The van der Waals surface area contributed by atoms with Crippen LogP contribution in [0.3, 0.4) is 0 Å². The molecule has 3 heterocycles. The number of aromatic nitrogens is 2. The molecule has 1 saturated heterocycles. The quantitative estimate of drug-likeness (QED) is 0.264. The van der Waals surface area contributed by atoms with Crippen molar-refractivity contribution >= 4 is 63.6 Å². The topological polar surface area (TPSA) is 120 Å². The van der Waals surface area contributed by atoms with E-state index in [0.29, 0.717) is 51.1 Å². The second kappa shape index (κ2) is 12.5. The average molecular weight is 615 g/mol. The van der Waals surface area contributed by atoms with Gasteiger partial charge in [0.2, 0.25) is 10.0 Å². The van der Waals surface area contributed by atoms with Gasteiger partial charge in [-0.25, -0.2) is 8.42 Å². The second-order valence-electron chi connectivity index (χ2n) is 9.53. The molecule has 0 amide bonds. The molecule has 0 atom stereocenters. The Morgan fingerprint density at radius 2 is 1.95 bits per heavy atom. The van der Waals surface area contributed by atoms with E-state index in [2.05, 4.69) is 25.5 Å². The molecular formula is C25H36ClN6O4PS2. The Morgan fingerprint density at radius 1 is 1.23 bits per heavy atom. The zero-order chi connectivity index (χ0) is 28.2. The maximum atomic E-state index is 13.0. The monoisotopic (exact) mass is 614 g/mol. The van der Waals surface area contributed by atoms with Crippen molar-refractivity contribution in [2.24, 2.45) is 0 Å². The number of methoxy groups -OCH3 is 1. The van der Waals surface area contributed by atoms with Crippen molar-refractivity contribution in [3.05, 3.63) is 45.7 Å². The summed E-state index contributed by atoms with van der Waals surface area (Å²) in [6.07, 6.45) is 3.18. The number of anilines is 4. The van der Waals surface area contributed by atoms with Crippen molar-refractivity contribution in [2.45, 2.75) is 25.3 Å². The zero-order valence-electron chi connectivity index (χ0n) is 22.6. The van der Waals surface area contributed by atoms with Crippen molar-refractivity contribution in [1.82, 2.24) is 14.3 Å². The first kappa shape index (κ1) is 29.8. The van der Waals surface area contributed by atoms with Gasteiger partial charge in [0.1, 0.15) is 0 Å². The van der Waals surface area contributed by atoms with E-state index in [1.807, 2.05) is 38.7 Å². The molecule has 214 valence electrons. The van der Waals surface area contributed by atoms with E-state index >= 15 is 0 Å². The third-order valence-electron chi connectivity index (χ3n) is 6.82. The van der Waals surface area contributed by atoms with Gasteiger partial charge in [-0.1, -0.05) is 13.8 Å². The molecule has 0 spiro atoms. The van der Waals surface area contributed by atoms with E-state index in [0.717, 1.165) is 31.1 Å². The Bertz CT molecular complexity index is 1390. The fraction of sp³-hybridized carbons (Fsp3) is 0.440. The molecule has 39 heavy (non-hydrogen) atoms. The fourth-order valence-corrected chi connectivity index (χ4v) is 9.15. The van der Waals surface area contributed by atoms with Crippen LogP contribution in [0.25, 0.3) is 0 Å². The van der Waals surface area contributed by atoms with Crippen molar-refractivity contribution in [3.8, 4) is 5.75 Å². The van der Waals surface area contributed by atoms with Gasteiger partial charge in [-0.2, -0.15) is 4.31 Å². The Hall–Kier alpha value is -2.21. The molecule has 0 saturated carbocycles. The number of nitrogens with one attached hydrogen (secondary N) is 2. The molecule has 14 heteroatoms. The number of hydrogen-bond donors (Lipinski definition) is 3. The summed E-state index contributed by atoms with van der Waals surface area (Å²) >= 11 is 7.77. The maximum absolute atomic E-state index is 13.0. The van der Waals surface area contributed by atoms with E-state index in [9.17, 15) is 13.3 Å². The molecule has 2 aromatic heterocycles. The number of nitrogens with zero attached hydrogens (tertiary/aromatic N) is 4. The Balaban J connectivity index is 1.48. The Labute approximate surface area is 239 Å². The van der Waals surface area contributed by atoms with Crippen LogP contribution in [-0.2, 0) is 16.6 Å². The molecule has 0 radical (unpaired) electrons. The molecule has 3 N–H and O–H groups in total. The Morgan fingerprint density at radius 3 is 2.62 bits per heavy atom. The standard InChI is InChI=1S/C25H36ClN6O4PS2/c1-5-32(6-2)39(34,35)23-9-14-38-22(23)17-28-25-27-16-19(26)24(30-25)29-20-8-7-18(15-21(20)36-3)31-10-12-37(4,33)13-11-31/h7-9,14-16,33,37H,5-6,10-13,17H2,1-4H3,(H2,27,28,29,30). The van der Waals surface area contributed by atoms with E-state index < -0.39 is 17.5 Å². The van der Waals surface area contributed by atoms with E-state index in [4.69, 9.17) is 16.3 Å². The summed E-state index contributed by atoms with van der Waals surface area (Å²) < 4.78 is 33.1. The van der Waals surface area contributed by atoms with Gasteiger partial charge >= 0.3 is 152 Å².